The van der Waals surface area contributed by atoms with E-state index in [0.29, 0.717) is 15.1 Å². The summed E-state index contributed by atoms with van der Waals surface area (Å²) in [5, 5.41) is 3.98. The number of nitrogens with zero attached hydrogens (tertiary/aromatic N) is 2. The van der Waals surface area contributed by atoms with Gasteiger partial charge in [-0.25, -0.2) is 4.99 Å². The van der Waals surface area contributed by atoms with Crippen LogP contribution < -0.4 is 10.1 Å². The Morgan fingerprint density at radius 3 is 2.60 bits per heavy atom. The number of aromatic nitrogens is 1. The summed E-state index contributed by atoms with van der Waals surface area (Å²) >= 11 is 7.39. The zero-order valence-corrected chi connectivity index (χ0v) is 18.3. The smallest absolute Gasteiger partial charge is 0.264 e. The molecule has 152 valence electrons. The van der Waals surface area contributed by atoms with Crippen molar-refractivity contribution in [1.29, 1.82) is 0 Å². The third-order valence-corrected chi connectivity index (χ3v) is 5.90. The monoisotopic (exact) mass is 437 g/mol. The van der Waals surface area contributed by atoms with Crippen LogP contribution >= 0.6 is 23.4 Å². The summed E-state index contributed by atoms with van der Waals surface area (Å²) < 4.78 is 7.34. The molecule has 1 aliphatic rings. The molecule has 2 heterocycles. The minimum Gasteiger partial charge on any atom is -0.497 e. The minimum absolute atomic E-state index is 0.168. The topological polar surface area (TPSA) is 55.6 Å². The molecule has 0 atom stereocenters. The number of hydrogen-bond donors (Lipinski definition) is 1. The fourth-order valence-corrected chi connectivity index (χ4v) is 4.17. The van der Waals surface area contributed by atoms with Gasteiger partial charge in [-0.15, -0.1) is 0 Å². The predicted molar refractivity (Wildman–Crippen MR) is 124 cm³/mol. The van der Waals surface area contributed by atoms with Gasteiger partial charge in [-0.05, 0) is 85.8 Å². The third-order valence-electron chi connectivity index (χ3n) is 4.76. The van der Waals surface area contributed by atoms with Crippen LogP contribution in [0.1, 0.15) is 17.0 Å². The average molecular weight is 438 g/mol. The molecule has 1 N–H and O–H groups in total. The molecule has 1 aromatic heterocycles. The molecule has 0 saturated carbocycles. The molecule has 4 rings (SSSR count). The van der Waals surface area contributed by atoms with Crippen LogP contribution in [0.15, 0.2) is 64.5 Å². The van der Waals surface area contributed by atoms with Crippen LogP contribution in [-0.4, -0.2) is 22.8 Å². The third kappa shape index (κ3) is 4.15. The first-order chi connectivity index (χ1) is 14.4. The lowest BCUT2D eigenvalue weighted by atomic mass is 10.2. The number of halogens is 1. The summed E-state index contributed by atoms with van der Waals surface area (Å²) in [6.45, 7) is 3.99. The van der Waals surface area contributed by atoms with E-state index >= 15 is 0 Å². The lowest BCUT2D eigenvalue weighted by Crippen LogP contribution is -2.19. The number of carbonyl (C=O) groups excluding carboxylic acids is 1. The Labute approximate surface area is 184 Å². The van der Waals surface area contributed by atoms with E-state index in [0.717, 1.165) is 34.1 Å². The first-order valence-corrected chi connectivity index (χ1v) is 10.5. The number of hydrogen-bond acceptors (Lipinski definition) is 4. The van der Waals surface area contributed by atoms with Crippen LogP contribution in [0.3, 0.4) is 0 Å². The summed E-state index contributed by atoms with van der Waals surface area (Å²) in [6.07, 6.45) is 1.88. The highest BCUT2D eigenvalue weighted by Crippen LogP contribution is 2.31. The Bertz CT molecular complexity index is 1180. The van der Waals surface area contributed by atoms with Crippen LogP contribution in [-0.2, 0) is 4.79 Å². The minimum atomic E-state index is -0.168. The number of amides is 1. The maximum Gasteiger partial charge on any atom is 0.264 e. The molecule has 1 fully saturated rings. The quantitative estimate of drug-likeness (QED) is 0.537. The van der Waals surface area contributed by atoms with E-state index in [1.165, 1.54) is 11.8 Å². The molecule has 1 saturated heterocycles. The maximum absolute atomic E-state index is 12.5. The van der Waals surface area contributed by atoms with Gasteiger partial charge >= 0.3 is 0 Å². The lowest BCUT2D eigenvalue weighted by Gasteiger charge is -2.10. The highest BCUT2D eigenvalue weighted by atomic mass is 35.5. The zero-order valence-electron chi connectivity index (χ0n) is 16.8. The highest BCUT2D eigenvalue weighted by Gasteiger charge is 2.24. The molecule has 2 aromatic carbocycles. The molecule has 0 spiro atoms. The van der Waals surface area contributed by atoms with Gasteiger partial charge in [0.15, 0.2) is 5.17 Å². The molecule has 30 heavy (non-hydrogen) atoms. The molecule has 1 amide bonds. The van der Waals surface area contributed by atoms with Crippen molar-refractivity contribution >= 4 is 46.2 Å². The average Bonchev–Trinajstić information content (AvgIpc) is 3.27. The summed E-state index contributed by atoms with van der Waals surface area (Å²) in [7, 11) is 1.64. The second-order valence-corrected chi connectivity index (χ2v) is 8.31. The van der Waals surface area contributed by atoms with Crippen LogP contribution in [0.25, 0.3) is 11.8 Å². The van der Waals surface area contributed by atoms with Crippen LogP contribution in [0.4, 0.5) is 5.69 Å². The van der Waals surface area contributed by atoms with Crippen molar-refractivity contribution in [3.05, 3.63) is 81.5 Å². The SMILES string of the molecule is COc1ccc(-n2c(C)ccc2/C=C2\SC(=Nc3cc(Cl)ccc3C)NC2=O)cc1. The van der Waals surface area contributed by atoms with E-state index in [9.17, 15) is 4.79 Å². The fraction of sp³-hybridized carbons (Fsp3) is 0.130. The molecule has 3 aromatic rings. The molecule has 7 heteroatoms. The zero-order chi connectivity index (χ0) is 21.3. The molecule has 5 nitrogen and oxygen atoms in total. The van der Waals surface area contributed by atoms with Gasteiger partial charge < -0.3 is 14.6 Å². The number of aryl methyl sites for hydroxylation is 2. The van der Waals surface area contributed by atoms with Crippen LogP contribution in [0.5, 0.6) is 5.75 Å². The molecular weight excluding hydrogens is 418 g/mol. The number of ether oxygens (including phenoxy) is 1. The van der Waals surface area contributed by atoms with E-state index in [1.54, 1.807) is 13.2 Å². The van der Waals surface area contributed by atoms with Crippen molar-refractivity contribution < 1.29 is 9.53 Å². The first kappa shape index (κ1) is 20.3. The number of benzene rings is 2. The van der Waals surface area contributed by atoms with Gasteiger partial charge in [-0.1, -0.05) is 17.7 Å². The largest absolute Gasteiger partial charge is 0.497 e. The van der Waals surface area contributed by atoms with Crippen molar-refractivity contribution in [1.82, 2.24) is 9.88 Å². The van der Waals surface area contributed by atoms with Crippen molar-refractivity contribution in [3.8, 4) is 11.4 Å². The summed E-state index contributed by atoms with van der Waals surface area (Å²) in [5.41, 5.74) is 4.71. The Morgan fingerprint density at radius 2 is 1.87 bits per heavy atom. The van der Waals surface area contributed by atoms with Crippen LogP contribution in [0, 0.1) is 13.8 Å². The molecule has 0 radical (unpaired) electrons. The second kappa shape index (κ2) is 8.42. The van der Waals surface area contributed by atoms with Crippen molar-refractivity contribution in [2.24, 2.45) is 4.99 Å². The van der Waals surface area contributed by atoms with Gasteiger partial charge in [-0.2, -0.15) is 0 Å². The lowest BCUT2D eigenvalue weighted by molar-refractivity contribution is -0.115. The van der Waals surface area contributed by atoms with E-state index in [4.69, 9.17) is 16.3 Å². The van der Waals surface area contributed by atoms with Gasteiger partial charge in [0, 0.05) is 22.1 Å². The summed E-state index contributed by atoms with van der Waals surface area (Å²) in [5.74, 6) is 0.630. The summed E-state index contributed by atoms with van der Waals surface area (Å²) in [4.78, 5) is 17.7. The van der Waals surface area contributed by atoms with E-state index in [1.807, 2.05) is 68.5 Å². The number of aliphatic imine (C=N–C) groups is 1. The van der Waals surface area contributed by atoms with Gasteiger partial charge in [-0.3, -0.25) is 4.79 Å². The maximum atomic E-state index is 12.5. The van der Waals surface area contributed by atoms with Crippen LogP contribution in [0.2, 0.25) is 5.02 Å². The molecular formula is C23H20ClN3O2S. The summed E-state index contributed by atoms with van der Waals surface area (Å²) in [6, 6.07) is 17.4. The fourth-order valence-electron chi connectivity index (χ4n) is 3.18. The van der Waals surface area contributed by atoms with E-state index in [-0.39, 0.29) is 5.91 Å². The number of amidine groups is 1. The number of nitrogens with one attached hydrogen (secondary N) is 1. The van der Waals surface area contributed by atoms with E-state index in [2.05, 4.69) is 14.9 Å². The number of carbonyl (C=O) groups is 1. The predicted octanol–water partition coefficient (Wildman–Crippen LogP) is 5.65. The van der Waals surface area contributed by atoms with Gasteiger partial charge in [0.2, 0.25) is 0 Å². The number of rotatable bonds is 4. The normalized spacial score (nSPS) is 16.3. The Kier molecular flexibility index (Phi) is 5.70. The molecule has 0 aliphatic carbocycles. The van der Waals surface area contributed by atoms with Crippen molar-refractivity contribution in [2.45, 2.75) is 13.8 Å². The highest BCUT2D eigenvalue weighted by molar-refractivity contribution is 8.18. The number of methoxy groups -OCH3 is 1. The van der Waals surface area contributed by atoms with Crippen molar-refractivity contribution in [3.63, 3.8) is 0 Å². The van der Waals surface area contributed by atoms with Gasteiger partial charge in [0.1, 0.15) is 5.75 Å². The second-order valence-electron chi connectivity index (χ2n) is 6.85. The Hall–Kier alpha value is -2.96. The Balaban J connectivity index is 1.65. The standard InChI is InChI=1S/C23H20ClN3O2S/c1-14-4-6-16(24)12-20(14)25-23-26-22(28)21(30-23)13-18-7-5-15(2)27(18)17-8-10-19(29-3)11-9-17/h4-13H,1-3H3,(H,25,26,28)/b21-13-. The van der Waals surface area contributed by atoms with Gasteiger partial charge in [0.05, 0.1) is 17.7 Å². The molecule has 0 unspecified atom stereocenters. The molecule has 0 bridgehead atoms. The first-order valence-electron chi connectivity index (χ1n) is 9.33. The van der Waals surface area contributed by atoms with Crippen molar-refractivity contribution in [2.75, 3.05) is 7.11 Å². The number of thioether (sulfide) groups is 1. The van der Waals surface area contributed by atoms with Gasteiger partial charge in [0.25, 0.3) is 5.91 Å². The molecule has 1 aliphatic heterocycles. The van der Waals surface area contributed by atoms with E-state index < -0.39 is 0 Å². The Morgan fingerprint density at radius 1 is 1.10 bits per heavy atom.